The van der Waals surface area contributed by atoms with Crippen LogP contribution in [0.5, 0.6) is 0 Å². The van der Waals surface area contributed by atoms with E-state index < -0.39 is 158 Å². The molecule has 0 bridgehead atoms. The van der Waals surface area contributed by atoms with Gasteiger partial charge in [0.15, 0.2) is 12.5 Å². The van der Waals surface area contributed by atoms with Crippen molar-refractivity contribution < 1.29 is 95.9 Å². The molecule has 0 radical (unpaired) electrons. The molecule has 6 rings (SSSR count). The Morgan fingerprint density at radius 3 is 1.32 bits per heavy atom. The van der Waals surface area contributed by atoms with Crippen molar-refractivity contribution in [2.24, 2.45) is 11.8 Å². The molecule has 6 amide bonds. The second-order valence-electron chi connectivity index (χ2n) is 19.2. The molecule has 10 N–H and O–H groups in total. The zero-order chi connectivity index (χ0) is 56.8. The van der Waals surface area contributed by atoms with Gasteiger partial charge in [0.2, 0.25) is 23.6 Å². The molecule has 0 aliphatic carbocycles. The smallest absolute Gasteiger partial charge is 0.327 e. The van der Waals surface area contributed by atoms with Crippen molar-refractivity contribution in [3.63, 3.8) is 0 Å². The lowest BCUT2D eigenvalue weighted by Crippen LogP contribution is -2.53. The summed E-state index contributed by atoms with van der Waals surface area (Å²) in [5, 5.41) is 58.0. The standard InChI is InChI=1S/2C22H33N4O10PS/c2*1-11(2)35-20(31)12(3)25-37(33,38-10-14-8-17(28)24-19(14)30)34-9-15-18(29)22(5,32)21(36-15)26-7-6-16(27)23-13(26)4/h2*6-7,11-12,14-15,18,21,29,32H,4,8-10H2,1-3,5H3,(H,23,27)(H,25,33)(H,24,28,30)/t12-,14?,15-,18-,21-,22-,37+;12-,14?,15-,18-,21-,22-,37-/m11/s1. The molecule has 0 aromatic heterocycles. The SMILES string of the molecule is C=C1NC(=O)C=CN1[C@@H]1O[C@H](CO[P@@](=O)(N[C@H](C)C(=O)OC(C)C)SCC2CC(=O)NC2=O)[C@@H](O)[C@@]1(C)O.C=C1NC(=O)C=CN1[C@@H]1O[C@H](CO[P@](=O)(N[C@H](C)C(=O)OC(C)C)SCC2CC(=O)NC2=O)[C@@H](O)[C@@]1(C)O. The van der Waals surface area contributed by atoms with Crippen LogP contribution in [-0.4, -0.2) is 175 Å². The number of rotatable bonds is 22. The molecule has 2 unspecified atom stereocenters. The van der Waals surface area contributed by atoms with Crippen LogP contribution in [0.25, 0.3) is 0 Å². The Bertz CT molecular complexity index is 2300. The van der Waals surface area contributed by atoms with Crippen LogP contribution in [0.3, 0.4) is 0 Å². The van der Waals surface area contributed by atoms with E-state index in [-0.39, 0.29) is 36.0 Å². The Morgan fingerprint density at radius 1 is 0.684 bits per heavy atom. The van der Waals surface area contributed by atoms with Gasteiger partial charge in [-0.25, -0.2) is 10.2 Å². The number of ether oxygens (including phenoxy) is 4. The maximum atomic E-state index is 13.8. The average molecular weight is 1150 g/mol. The molecule has 0 aromatic rings. The summed E-state index contributed by atoms with van der Waals surface area (Å²) in [4.78, 5) is 97.4. The average Bonchev–Trinajstić information content (AvgIpc) is 3.97. The lowest BCUT2D eigenvalue weighted by molar-refractivity contribution is -0.149. The second-order valence-corrected chi connectivity index (χ2v) is 27.8. The van der Waals surface area contributed by atoms with Gasteiger partial charge in [-0.15, -0.1) is 0 Å². The van der Waals surface area contributed by atoms with Crippen LogP contribution in [0.4, 0.5) is 0 Å². The highest BCUT2D eigenvalue weighted by Crippen LogP contribution is 2.59. The third kappa shape index (κ3) is 15.8. The third-order valence-electron chi connectivity index (χ3n) is 11.9. The number of carbonyl (C=O) groups excluding carboxylic acids is 8. The van der Waals surface area contributed by atoms with Crippen molar-refractivity contribution >= 4 is 83.6 Å². The van der Waals surface area contributed by atoms with Crippen molar-refractivity contribution in [3.05, 3.63) is 49.4 Å². The minimum absolute atomic E-state index is 0.0552. The first kappa shape index (κ1) is 62.3. The van der Waals surface area contributed by atoms with E-state index in [1.165, 1.54) is 62.0 Å². The molecular weight excluding hydrogens is 1090 g/mol. The van der Waals surface area contributed by atoms with Crippen LogP contribution in [0.1, 0.15) is 68.2 Å². The van der Waals surface area contributed by atoms with Crippen LogP contribution in [0.2, 0.25) is 0 Å². The second kappa shape index (κ2) is 25.5. The minimum Gasteiger partial charge on any atom is -0.462 e. The van der Waals surface area contributed by atoms with Crippen LogP contribution in [0, 0.1) is 11.8 Å². The quantitative estimate of drug-likeness (QED) is 0.0367. The Labute approximate surface area is 445 Å². The molecule has 424 valence electrons. The number of amides is 6. The largest absolute Gasteiger partial charge is 0.462 e. The molecule has 0 spiro atoms. The number of imide groups is 2. The predicted molar refractivity (Wildman–Crippen MR) is 269 cm³/mol. The predicted octanol–water partition coefficient (Wildman–Crippen LogP) is -0.620. The maximum Gasteiger partial charge on any atom is 0.327 e. The van der Waals surface area contributed by atoms with E-state index in [9.17, 15) is 67.9 Å². The Morgan fingerprint density at radius 2 is 1.03 bits per heavy atom. The molecule has 4 saturated heterocycles. The number of nitrogens with zero attached hydrogens (tertiary/aromatic N) is 2. The first-order valence-electron chi connectivity index (χ1n) is 23.7. The zero-order valence-corrected chi connectivity index (χ0v) is 46.2. The van der Waals surface area contributed by atoms with Gasteiger partial charge in [-0.1, -0.05) is 35.9 Å². The number of nitrogens with one attached hydrogen (secondary N) is 6. The molecule has 28 nitrogen and oxygen atoms in total. The number of esters is 2. The van der Waals surface area contributed by atoms with Crippen molar-refractivity contribution in [2.75, 3.05) is 24.7 Å². The van der Waals surface area contributed by atoms with Gasteiger partial charge in [-0.3, -0.25) is 58.1 Å². The van der Waals surface area contributed by atoms with Gasteiger partial charge in [-0.2, -0.15) is 0 Å². The summed E-state index contributed by atoms with van der Waals surface area (Å²) in [6.45, 7) is 10.7. The summed E-state index contributed by atoms with van der Waals surface area (Å²) in [6.07, 6.45) is -3.65. The van der Waals surface area contributed by atoms with E-state index in [4.69, 9.17) is 28.0 Å². The van der Waals surface area contributed by atoms with Crippen molar-refractivity contribution in [3.8, 4) is 0 Å². The Kier molecular flexibility index (Phi) is 20.9. The number of aliphatic hydroxyl groups is 4. The van der Waals surface area contributed by atoms with Crippen LogP contribution in [-0.2, 0) is 75.5 Å². The van der Waals surface area contributed by atoms with Crippen LogP contribution < -0.4 is 31.4 Å². The summed E-state index contributed by atoms with van der Waals surface area (Å²) in [5.74, 6) is -5.48. The summed E-state index contributed by atoms with van der Waals surface area (Å²) >= 11 is 1.45. The van der Waals surface area contributed by atoms with Crippen molar-refractivity contribution in [2.45, 2.75) is 141 Å². The first-order chi connectivity index (χ1) is 35.2. The summed E-state index contributed by atoms with van der Waals surface area (Å²) in [6, 6.07) is -2.13. The number of aliphatic hydroxyl groups excluding tert-OH is 2. The molecule has 0 aromatic carbocycles. The fourth-order valence-electron chi connectivity index (χ4n) is 7.84. The van der Waals surface area contributed by atoms with Gasteiger partial charge in [0, 0.05) is 48.9 Å². The van der Waals surface area contributed by atoms with E-state index >= 15 is 0 Å². The van der Waals surface area contributed by atoms with Crippen LogP contribution in [0.15, 0.2) is 49.4 Å². The normalized spacial score (nSPS) is 31.8. The van der Waals surface area contributed by atoms with E-state index in [0.717, 1.165) is 22.8 Å². The maximum absolute atomic E-state index is 13.8. The highest BCUT2D eigenvalue weighted by Gasteiger charge is 2.57. The van der Waals surface area contributed by atoms with Gasteiger partial charge in [0.1, 0.15) is 59.3 Å². The monoisotopic (exact) mass is 1150 g/mol. The van der Waals surface area contributed by atoms with E-state index in [0.29, 0.717) is 0 Å². The molecule has 0 saturated carbocycles. The number of hydrogen-bond acceptors (Lipinski definition) is 24. The summed E-state index contributed by atoms with van der Waals surface area (Å²) < 4.78 is 60.8. The van der Waals surface area contributed by atoms with Gasteiger partial charge in [0.05, 0.1) is 37.3 Å². The lowest BCUT2D eigenvalue weighted by atomic mass is 9.96. The van der Waals surface area contributed by atoms with Gasteiger partial charge in [0.25, 0.3) is 11.8 Å². The molecule has 4 fully saturated rings. The summed E-state index contributed by atoms with van der Waals surface area (Å²) in [5.41, 5.74) is -3.71. The Hall–Kier alpha value is -4.52. The molecule has 32 heteroatoms. The van der Waals surface area contributed by atoms with E-state index in [2.05, 4.69) is 44.6 Å². The van der Waals surface area contributed by atoms with Crippen LogP contribution >= 0.6 is 36.2 Å². The summed E-state index contributed by atoms with van der Waals surface area (Å²) in [7, 11) is 0. The molecule has 76 heavy (non-hydrogen) atoms. The number of carbonyl (C=O) groups is 8. The van der Waals surface area contributed by atoms with Gasteiger partial charge >= 0.3 is 25.4 Å². The van der Waals surface area contributed by atoms with Crippen molar-refractivity contribution in [1.29, 1.82) is 0 Å². The molecule has 14 atom stereocenters. The molecule has 6 aliphatic rings. The zero-order valence-electron chi connectivity index (χ0n) is 42.8. The first-order valence-corrected chi connectivity index (χ1v) is 30.2. The third-order valence-corrected chi connectivity index (χ3v) is 20.3. The topological polar surface area (TPSA) is 386 Å². The minimum atomic E-state index is -3.96. The lowest BCUT2D eigenvalue weighted by Gasteiger charge is -2.37. The molecule has 6 heterocycles. The number of hydrogen-bond donors (Lipinski definition) is 10. The highest BCUT2D eigenvalue weighted by atomic mass is 32.7. The molecule has 6 aliphatic heterocycles. The molecular formula is C44H66N8O20P2S2. The van der Waals surface area contributed by atoms with Gasteiger partial charge in [-0.05, 0) is 55.4 Å². The van der Waals surface area contributed by atoms with E-state index in [1.54, 1.807) is 27.7 Å². The fraction of sp³-hybridized carbons (Fsp3) is 0.636. The fourth-order valence-corrected chi connectivity index (χ4v) is 15.9. The van der Waals surface area contributed by atoms with Crippen molar-refractivity contribution in [1.82, 2.24) is 41.2 Å². The Balaban J connectivity index is 0.000000281. The highest BCUT2D eigenvalue weighted by molar-refractivity contribution is 8.56. The van der Waals surface area contributed by atoms with Gasteiger partial charge < -0.3 is 68.9 Å². The van der Waals surface area contributed by atoms with E-state index in [1.807, 2.05) is 0 Å².